The zero-order chi connectivity index (χ0) is 18.6. The van der Waals surface area contributed by atoms with Crippen LogP contribution in [0.2, 0.25) is 0 Å². The molecule has 0 radical (unpaired) electrons. The van der Waals surface area contributed by atoms with E-state index < -0.39 is 0 Å². The van der Waals surface area contributed by atoms with E-state index in [-0.39, 0.29) is 0 Å². The number of carbonyl (C=O) groups is 1. The molecule has 1 aliphatic rings. The van der Waals surface area contributed by atoms with Gasteiger partial charge in [-0.2, -0.15) is 0 Å². The van der Waals surface area contributed by atoms with E-state index in [0.29, 0.717) is 18.9 Å². The van der Waals surface area contributed by atoms with Crippen LogP contribution in [0.15, 0.2) is 29.3 Å². The Labute approximate surface area is 157 Å². The molecule has 0 unspecified atom stereocenters. The van der Waals surface area contributed by atoms with E-state index in [2.05, 4.69) is 22.5 Å². The summed E-state index contributed by atoms with van der Waals surface area (Å²) in [5.74, 6) is 1.95. The molecule has 0 spiro atoms. The van der Waals surface area contributed by atoms with Gasteiger partial charge in [-0.15, -0.1) is 0 Å². The van der Waals surface area contributed by atoms with Crippen LogP contribution in [0.3, 0.4) is 0 Å². The molecule has 1 saturated heterocycles. The number of hydrogen-bond donors (Lipinski definition) is 2. The highest BCUT2D eigenvalue weighted by Crippen LogP contribution is 2.17. The molecule has 2 rings (SSSR count). The number of carbonyl (C=O) groups excluding carboxylic acids is 1. The summed E-state index contributed by atoms with van der Waals surface area (Å²) >= 11 is 0. The van der Waals surface area contributed by atoms with E-state index >= 15 is 0 Å². The number of nitrogens with zero attached hydrogens (tertiary/aromatic N) is 2. The van der Waals surface area contributed by atoms with E-state index in [9.17, 15) is 4.79 Å². The largest absolute Gasteiger partial charge is 0.496 e. The fourth-order valence-corrected chi connectivity index (χ4v) is 3.09. The second-order valence-electron chi connectivity index (χ2n) is 6.48. The first-order valence-corrected chi connectivity index (χ1v) is 9.66. The minimum Gasteiger partial charge on any atom is -0.496 e. The third kappa shape index (κ3) is 6.58. The molecular weight excluding hydrogens is 328 g/mol. The van der Waals surface area contributed by atoms with Crippen molar-refractivity contribution in [2.24, 2.45) is 4.99 Å². The summed E-state index contributed by atoms with van der Waals surface area (Å²) in [6.07, 6.45) is 4.96. The van der Waals surface area contributed by atoms with Gasteiger partial charge in [0.05, 0.1) is 13.7 Å². The number of benzene rings is 1. The van der Waals surface area contributed by atoms with Gasteiger partial charge in [0, 0.05) is 38.2 Å². The summed E-state index contributed by atoms with van der Waals surface area (Å²) in [6, 6.07) is 7.92. The number of ether oxygens (including phenoxy) is 1. The summed E-state index contributed by atoms with van der Waals surface area (Å²) in [7, 11) is 1.68. The van der Waals surface area contributed by atoms with E-state index in [1.807, 2.05) is 29.2 Å². The molecule has 1 aliphatic heterocycles. The molecule has 0 bridgehead atoms. The molecular formula is C20H32N4O2. The van der Waals surface area contributed by atoms with Crippen LogP contribution in [-0.4, -0.2) is 50.1 Å². The highest BCUT2D eigenvalue weighted by Gasteiger charge is 2.15. The van der Waals surface area contributed by atoms with Gasteiger partial charge in [0.2, 0.25) is 5.91 Å². The minimum absolute atomic E-state index is 0.305. The predicted octanol–water partition coefficient (Wildman–Crippen LogP) is 2.54. The Kier molecular flexibility index (Phi) is 8.79. The average molecular weight is 361 g/mol. The normalized spacial score (nSPS) is 15.5. The first kappa shape index (κ1) is 20.1. The number of rotatable bonds is 8. The maximum Gasteiger partial charge on any atom is 0.222 e. The van der Waals surface area contributed by atoms with Crippen LogP contribution in [0, 0.1) is 0 Å². The maximum atomic E-state index is 12.0. The monoisotopic (exact) mass is 360 g/mol. The lowest BCUT2D eigenvalue weighted by Gasteiger charge is -2.20. The number of nitrogens with one attached hydrogen (secondary N) is 2. The number of aliphatic imine (C=N–C) groups is 1. The highest BCUT2D eigenvalue weighted by atomic mass is 16.5. The van der Waals surface area contributed by atoms with Gasteiger partial charge in [-0.05, 0) is 32.3 Å². The van der Waals surface area contributed by atoms with Crippen LogP contribution in [0.25, 0.3) is 0 Å². The van der Waals surface area contributed by atoms with Gasteiger partial charge in [-0.3, -0.25) is 4.79 Å². The van der Waals surface area contributed by atoms with Gasteiger partial charge in [0.15, 0.2) is 5.96 Å². The molecule has 0 aromatic heterocycles. The molecule has 1 aromatic rings. The second-order valence-corrected chi connectivity index (χ2v) is 6.48. The maximum absolute atomic E-state index is 12.0. The van der Waals surface area contributed by atoms with E-state index in [0.717, 1.165) is 62.7 Å². The quantitative estimate of drug-likeness (QED) is 0.425. The number of hydrogen-bond acceptors (Lipinski definition) is 3. The Balaban J connectivity index is 1.80. The van der Waals surface area contributed by atoms with Crippen molar-refractivity contribution in [2.75, 3.05) is 33.3 Å². The Bertz CT molecular complexity index is 589. The number of likely N-dealkylation sites (tertiary alicyclic amines) is 1. The van der Waals surface area contributed by atoms with E-state index in [1.54, 1.807) is 7.11 Å². The summed E-state index contributed by atoms with van der Waals surface area (Å²) in [4.78, 5) is 18.7. The smallest absolute Gasteiger partial charge is 0.222 e. The first-order chi connectivity index (χ1) is 12.7. The highest BCUT2D eigenvalue weighted by molar-refractivity contribution is 5.79. The summed E-state index contributed by atoms with van der Waals surface area (Å²) < 4.78 is 5.38. The fraction of sp³-hybridized carbons (Fsp3) is 0.600. The fourth-order valence-electron chi connectivity index (χ4n) is 3.09. The summed E-state index contributed by atoms with van der Waals surface area (Å²) in [6.45, 7) is 5.93. The minimum atomic E-state index is 0.305. The summed E-state index contributed by atoms with van der Waals surface area (Å²) in [5.41, 5.74) is 1.06. The molecule has 1 fully saturated rings. The number of para-hydroxylation sites is 1. The number of methoxy groups -OCH3 is 1. The van der Waals surface area contributed by atoms with Crippen LogP contribution >= 0.6 is 0 Å². The molecule has 2 N–H and O–H groups in total. The Hall–Kier alpha value is -2.24. The van der Waals surface area contributed by atoms with Crippen LogP contribution in [0.5, 0.6) is 5.75 Å². The number of guanidine groups is 1. The van der Waals surface area contributed by atoms with Gasteiger partial charge >= 0.3 is 0 Å². The lowest BCUT2D eigenvalue weighted by Crippen LogP contribution is -2.39. The molecule has 0 atom stereocenters. The molecule has 6 nitrogen and oxygen atoms in total. The van der Waals surface area contributed by atoms with Crippen molar-refractivity contribution in [1.29, 1.82) is 0 Å². The first-order valence-electron chi connectivity index (χ1n) is 9.66. The predicted molar refractivity (Wildman–Crippen MR) is 105 cm³/mol. The molecule has 1 heterocycles. The van der Waals surface area contributed by atoms with Gasteiger partial charge in [0.1, 0.15) is 5.75 Å². The SMILES string of the molecule is CCNC(=NCc1ccccc1OC)NCCCN1CCCCCC1=O. The van der Waals surface area contributed by atoms with Crippen LogP contribution in [0.4, 0.5) is 0 Å². The lowest BCUT2D eigenvalue weighted by molar-refractivity contribution is -0.130. The standard InChI is InChI=1S/C20H32N4O2/c1-3-21-20(23-16-17-10-6-7-11-18(17)26-2)22-13-9-15-24-14-8-4-5-12-19(24)25/h6-7,10-11H,3-5,8-9,12-16H2,1-2H3,(H2,21,22,23). The van der Waals surface area contributed by atoms with Crippen molar-refractivity contribution in [3.63, 3.8) is 0 Å². The Morgan fingerprint density at radius 2 is 2.08 bits per heavy atom. The average Bonchev–Trinajstić information content (AvgIpc) is 2.87. The lowest BCUT2D eigenvalue weighted by atomic mass is 10.2. The van der Waals surface area contributed by atoms with Crippen LogP contribution in [0.1, 0.15) is 44.6 Å². The van der Waals surface area contributed by atoms with Crippen molar-refractivity contribution in [2.45, 2.75) is 45.6 Å². The molecule has 1 amide bonds. The third-order valence-electron chi connectivity index (χ3n) is 4.51. The van der Waals surface area contributed by atoms with Gasteiger partial charge < -0.3 is 20.3 Å². The van der Waals surface area contributed by atoms with Crippen molar-refractivity contribution >= 4 is 11.9 Å². The third-order valence-corrected chi connectivity index (χ3v) is 4.51. The van der Waals surface area contributed by atoms with Crippen molar-refractivity contribution in [3.05, 3.63) is 29.8 Å². The molecule has 6 heteroatoms. The van der Waals surface area contributed by atoms with Crippen molar-refractivity contribution in [1.82, 2.24) is 15.5 Å². The molecule has 26 heavy (non-hydrogen) atoms. The molecule has 1 aromatic carbocycles. The van der Waals surface area contributed by atoms with Crippen molar-refractivity contribution < 1.29 is 9.53 Å². The zero-order valence-electron chi connectivity index (χ0n) is 16.1. The van der Waals surface area contributed by atoms with Gasteiger partial charge in [-0.25, -0.2) is 4.99 Å². The number of amides is 1. The van der Waals surface area contributed by atoms with E-state index in [4.69, 9.17) is 4.74 Å². The van der Waals surface area contributed by atoms with Gasteiger partial charge in [0.25, 0.3) is 0 Å². The summed E-state index contributed by atoms with van der Waals surface area (Å²) in [5, 5.41) is 6.62. The van der Waals surface area contributed by atoms with Crippen LogP contribution in [-0.2, 0) is 11.3 Å². The Morgan fingerprint density at radius 3 is 2.88 bits per heavy atom. The molecule has 0 saturated carbocycles. The van der Waals surface area contributed by atoms with Gasteiger partial charge in [-0.1, -0.05) is 24.6 Å². The molecule has 0 aliphatic carbocycles. The zero-order valence-corrected chi connectivity index (χ0v) is 16.1. The molecule has 144 valence electrons. The van der Waals surface area contributed by atoms with E-state index in [1.165, 1.54) is 6.42 Å². The van der Waals surface area contributed by atoms with Crippen LogP contribution < -0.4 is 15.4 Å². The van der Waals surface area contributed by atoms with Crippen molar-refractivity contribution in [3.8, 4) is 5.75 Å². The topological polar surface area (TPSA) is 66.0 Å². The Morgan fingerprint density at radius 1 is 1.23 bits per heavy atom. The second kappa shape index (κ2) is 11.4.